The Morgan fingerprint density at radius 3 is 2.31 bits per heavy atom. The van der Waals surface area contributed by atoms with E-state index in [1.807, 2.05) is 0 Å². The van der Waals surface area contributed by atoms with E-state index in [-0.39, 0.29) is 29.3 Å². The highest BCUT2D eigenvalue weighted by Gasteiger charge is 2.51. The van der Waals surface area contributed by atoms with Gasteiger partial charge in [0.15, 0.2) is 0 Å². The first kappa shape index (κ1) is 31.4. The molecule has 15 heteroatoms. The maximum atomic E-state index is 13.7. The second-order valence-electron chi connectivity index (χ2n) is 10.8. The molecule has 0 radical (unpaired) electrons. The Balaban J connectivity index is 1.70. The van der Waals surface area contributed by atoms with E-state index < -0.39 is 75.4 Å². The van der Waals surface area contributed by atoms with E-state index in [0.29, 0.717) is 38.8 Å². The third-order valence-corrected chi connectivity index (χ3v) is 8.91. The summed E-state index contributed by atoms with van der Waals surface area (Å²) in [5.74, 6) is -3.35. The lowest BCUT2D eigenvalue weighted by Crippen LogP contribution is -2.45. The molecule has 0 bridgehead atoms. The number of carbonyl (C=O) groups excluding carboxylic acids is 1. The van der Waals surface area contributed by atoms with E-state index in [4.69, 9.17) is 4.74 Å². The monoisotopic (exact) mass is 623 g/mol. The van der Waals surface area contributed by atoms with Crippen molar-refractivity contribution in [1.29, 1.82) is 0 Å². The molecule has 2 aromatic rings. The molecule has 0 spiro atoms. The smallest absolute Gasteiger partial charge is 0.427 e. The number of nitrogens with zero attached hydrogens (tertiary/aromatic N) is 1. The standard InChI is InChI=1S/C27H27F6NO7S/c1-25(2,27(31,32)33)41-23(35)11-15-6-9-22-21(10-15)34(14-18(40-22)13-20(24(36)37)16-7-8-16)42(38,39)19-5-3-4-17(12-19)26(28,29)30/h3-6,9-10,12,16,18,20H,7-8,11,13-14H2,1-2H3,(H,36,37)/t18-,20-/m0/s1. The summed E-state index contributed by atoms with van der Waals surface area (Å²) in [6.07, 6.45) is -10.1. The number of hydrogen-bond donors (Lipinski definition) is 1. The molecule has 8 nitrogen and oxygen atoms in total. The molecule has 0 saturated heterocycles. The molecule has 1 aliphatic heterocycles. The van der Waals surface area contributed by atoms with Crippen molar-refractivity contribution in [1.82, 2.24) is 0 Å². The number of fused-ring (bicyclic) bond motifs is 1. The van der Waals surface area contributed by atoms with Crippen molar-refractivity contribution >= 4 is 27.6 Å². The van der Waals surface area contributed by atoms with Gasteiger partial charge in [0.05, 0.1) is 35.0 Å². The molecule has 1 saturated carbocycles. The van der Waals surface area contributed by atoms with Gasteiger partial charge in [0.1, 0.15) is 11.9 Å². The van der Waals surface area contributed by atoms with Crippen LogP contribution in [0.2, 0.25) is 0 Å². The van der Waals surface area contributed by atoms with Gasteiger partial charge in [0, 0.05) is 0 Å². The molecule has 1 heterocycles. The largest absolute Gasteiger partial charge is 0.486 e. The number of carbonyl (C=O) groups is 2. The Hall–Kier alpha value is -3.49. The molecule has 1 aliphatic carbocycles. The Morgan fingerprint density at radius 2 is 1.74 bits per heavy atom. The zero-order valence-electron chi connectivity index (χ0n) is 22.3. The van der Waals surface area contributed by atoms with Crippen LogP contribution in [0.4, 0.5) is 32.0 Å². The van der Waals surface area contributed by atoms with Gasteiger partial charge in [-0.05, 0) is 74.9 Å². The summed E-state index contributed by atoms with van der Waals surface area (Å²) in [5, 5.41) is 9.66. The Kier molecular flexibility index (Phi) is 8.21. The first-order valence-corrected chi connectivity index (χ1v) is 14.2. The first-order chi connectivity index (χ1) is 19.3. The van der Waals surface area contributed by atoms with Crippen LogP contribution in [0.25, 0.3) is 0 Å². The van der Waals surface area contributed by atoms with Gasteiger partial charge in [-0.3, -0.25) is 13.9 Å². The first-order valence-electron chi connectivity index (χ1n) is 12.8. The van der Waals surface area contributed by atoms with Gasteiger partial charge in [-0.25, -0.2) is 8.42 Å². The quantitative estimate of drug-likeness (QED) is 0.287. The highest BCUT2D eigenvalue weighted by Crippen LogP contribution is 2.43. The molecule has 0 unspecified atom stereocenters. The number of ether oxygens (including phenoxy) is 2. The topological polar surface area (TPSA) is 110 Å². The number of benzene rings is 2. The van der Waals surface area contributed by atoms with E-state index in [1.165, 1.54) is 12.1 Å². The molecule has 1 N–H and O–H groups in total. The third kappa shape index (κ3) is 6.76. The third-order valence-electron chi connectivity index (χ3n) is 7.13. The molecule has 4 rings (SSSR count). The van der Waals surface area contributed by atoms with Crippen molar-refractivity contribution in [3.63, 3.8) is 0 Å². The van der Waals surface area contributed by atoms with Gasteiger partial charge >= 0.3 is 24.3 Å². The van der Waals surface area contributed by atoms with E-state index in [9.17, 15) is 49.5 Å². The predicted molar refractivity (Wildman–Crippen MR) is 135 cm³/mol. The summed E-state index contributed by atoms with van der Waals surface area (Å²) < 4.78 is 118. The van der Waals surface area contributed by atoms with Crippen molar-refractivity contribution in [3.05, 3.63) is 53.6 Å². The fraction of sp³-hybridized carbons (Fsp3) is 0.481. The molecule has 42 heavy (non-hydrogen) atoms. The number of esters is 1. The maximum Gasteiger partial charge on any atom is 0.427 e. The number of hydrogen-bond acceptors (Lipinski definition) is 6. The summed E-state index contributed by atoms with van der Waals surface area (Å²) in [6.45, 7) is 0.874. The zero-order valence-corrected chi connectivity index (χ0v) is 23.1. The van der Waals surface area contributed by atoms with Gasteiger partial charge in [0.25, 0.3) is 10.0 Å². The lowest BCUT2D eigenvalue weighted by Gasteiger charge is -2.36. The summed E-state index contributed by atoms with van der Waals surface area (Å²) in [7, 11) is -4.70. The molecule has 1 fully saturated rings. The van der Waals surface area contributed by atoms with E-state index in [1.54, 1.807) is 0 Å². The number of alkyl halides is 6. The van der Waals surface area contributed by atoms with Crippen LogP contribution in [0.15, 0.2) is 47.4 Å². The van der Waals surface area contributed by atoms with Crippen LogP contribution in [0, 0.1) is 11.8 Å². The lowest BCUT2D eigenvalue weighted by atomic mass is 9.95. The molecule has 2 aromatic carbocycles. The number of carboxylic acids is 1. The molecular weight excluding hydrogens is 596 g/mol. The second-order valence-corrected chi connectivity index (χ2v) is 12.6. The minimum Gasteiger partial charge on any atom is -0.486 e. The van der Waals surface area contributed by atoms with E-state index in [0.717, 1.165) is 22.5 Å². The molecule has 2 aliphatic rings. The SMILES string of the molecule is CC(C)(OC(=O)Cc1ccc2c(c1)N(S(=O)(=O)c1cccc(C(F)(F)F)c1)C[C@H](C[C@H](C(=O)O)C1CC1)O2)C(F)(F)F. The number of anilines is 1. The van der Waals surface area contributed by atoms with Gasteiger partial charge in [0.2, 0.25) is 5.60 Å². The number of carboxylic acid groups (broad SMARTS) is 1. The summed E-state index contributed by atoms with van der Waals surface area (Å²) in [6, 6.07) is 6.79. The summed E-state index contributed by atoms with van der Waals surface area (Å²) in [5.41, 5.74) is -4.14. The Labute approximate surface area is 237 Å². The molecule has 0 aromatic heterocycles. The number of rotatable bonds is 9. The number of aliphatic carboxylic acids is 1. The van der Waals surface area contributed by atoms with Crippen molar-refractivity contribution < 1.29 is 58.9 Å². The van der Waals surface area contributed by atoms with Crippen molar-refractivity contribution in [2.24, 2.45) is 11.8 Å². The summed E-state index contributed by atoms with van der Waals surface area (Å²) >= 11 is 0. The van der Waals surface area contributed by atoms with Crippen LogP contribution in [-0.2, 0) is 36.9 Å². The van der Waals surface area contributed by atoms with Crippen LogP contribution in [0.1, 0.15) is 44.2 Å². The van der Waals surface area contributed by atoms with Crippen LogP contribution in [0.3, 0.4) is 0 Å². The average Bonchev–Trinajstić information content (AvgIpc) is 3.70. The molecule has 0 amide bonds. The van der Waals surface area contributed by atoms with Crippen LogP contribution >= 0.6 is 0 Å². The van der Waals surface area contributed by atoms with E-state index >= 15 is 0 Å². The normalized spacial score (nSPS) is 18.6. The van der Waals surface area contributed by atoms with Crippen LogP contribution in [0.5, 0.6) is 5.75 Å². The molecule has 2 atom stereocenters. The summed E-state index contributed by atoms with van der Waals surface area (Å²) in [4.78, 5) is 23.5. The molecular formula is C27H27F6NO7S. The minimum absolute atomic E-state index is 0.0457. The Bertz CT molecular complexity index is 1470. The van der Waals surface area contributed by atoms with Crippen molar-refractivity contribution in [2.45, 2.75) is 68.5 Å². The predicted octanol–water partition coefficient (Wildman–Crippen LogP) is 5.59. The van der Waals surface area contributed by atoms with Crippen LogP contribution < -0.4 is 9.04 Å². The Morgan fingerprint density at radius 1 is 1.07 bits per heavy atom. The number of halogens is 6. The second kappa shape index (κ2) is 11.0. The fourth-order valence-electron chi connectivity index (χ4n) is 4.60. The van der Waals surface area contributed by atoms with Crippen molar-refractivity contribution in [3.8, 4) is 5.75 Å². The maximum absolute atomic E-state index is 13.7. The van der Waals surface area contributed by atoms with Gasteiger partial charge in [-0.2, -0.15) is 26.3 Å². The van der Waals surface area contributed by atoms with Gasteiger partial charge in [-0.15, -0.1) is 0 Å². The van der Waals surface area contributed by atoms with Crippen molar-refractivity contribution in [2.75, 3.05) is 10.8 Å². The van der Waals surface area contributed by atoms with E-state index in [2.05, 4.69) is 4.74 Å². The van der Waals surface area contributed by atoms with Gasteiger partial charge in [-0.1, -0.05) is 12.1 Å². The highest BCUT2D eigenvalue weighted by molar-refractivity contribution is 7.92. The average molecular weight is 624 g/mol. The highest BCUT2D eigenvalue weighted by atomic mass is 32.2. The lowest BCUT2D eigenvalue weighted by molar-refractivity contribution is -0.257. The van der Waals surface area contributed by atoms with Gasteiger partial charge < -0.3 is 14.6 Å². The minimum atomic E-state index is -4.86. The van der Waals surface area contributed by atoms with Crippen LogP contribution in [-0.4, -0.2) is 49.9 Å². The number of sulfonamides is 1. The zero-order chi connectivity index (χ0) is 31.3. The molecule has 230 valence electrons. The fourth-order valence-corrected chi connectivity index (χ4v) is 6.14.